The van der Waals surface area contributed by atoms with E-state index >= 15 is 0 Å². The first kappa shape index (κ1) is 15.1. The van der Waals surface area contributed by atoms with Gasteiger partial charge in [0.2, 0.25) is 5.91 Å². The maximum Gasteiger partial charge on any atom is 0.250 e. The zero-order valence-corrected chi connectivity index (χ0v) is 11.6. The number of anilines is 2. The molecular formula is C12H17ClN4O2. The number of nitrogens with two attached hydrogens (primary N) is 2. The summed E-state index contributed by atoms with van der Waals surface area (Å²) in [6.45, 7) is 2.42. The van der Waals surface area contributed by atoms with E-state index in [9.17, 15) is 9.59 Å². The molecule has 0 aromatic heterocycles. The van der Waals surface area contributed by atoms with Gasteiger partial charge in [-0.15, -0.1) is 0 Å². The molecule has 0 saturated heterocycles. The van der Waals surface area contributed by atoms with E-state index in [0.717, 1.165) is 0 Å². The lowest BCUT2D eigenvalue weighted by molar-refractivity contribution is -0.119. The molecule has 0 aliphatic heterocycles. The summed E-state index contributed by atoms with van der Waals surface area (Å²) in [6.07, 6.45) is 0. The van der Waals surface area contributed by atoms with Gasteiger partial charge in [-0.1, -0.05) is 11.6 Å². The van der Waals surface area contributed by atoms with E-state index in [1.165, 1.54) is 12.1 Å². The summed E-state index contributed by atoms with van der Waals surface area (Å²) >= 11 is 6.07. The van der Waals surface area contributed by atoms with Crippen LogP contribution in [-0.4, -0.2) is 32.0 Å². The standard InChI is InChI=1S/C12H17ClN4O2/c1-3-16-10(18)6-17(2)11-8(12(15)19)4-7(14)5-9(11)13/h4-5H,3,6,14H2,1-2H3,(H2,15,19)(H,16,18). The summed E-state index contributed by atoms with van der Waals surface area (Å²) in [7, 11) is 1.65. The second-order valence-corrected chi connectivity index (χ2v) is 4.48. The van der Waals surface area contributed by atoms with Gasteiger partial charge in [-0.05, 0) is 19.1 Å². The molecule has 0 aliphatic rings. The van der Waals surface area contributed by atoms with Crippen LogP contribution in [0.1, 0.15) is 17.3 Å². The molecule has 1 aromatic carbocycles. The number of primary amides is 1. The van der Waals surface area contributed by atoms with E-state index in [4.69, 9.17) is 23.1 Å². The second kappa shape index (κ2) is 6.29. The third kappa shape index (κ3) is 3.75. The molecule has 5 N–H and O–H groups in total. The zero-order valence-electron chi connectivity index (χ0n) is 10.9. The Balaban J connectivity index is 3.11. The molecule has 2 amide bonds. The number of nitrogens with zero attached hydrogens (tertiary/aromatic N) is 1. The maximum absolute atomic E-state index is 11.5. The van der Waals surface area contributed by atoms with Crippen LogP contribution in [0.25, 0.3) is 0 Å². The van der Waals surface area contributed by atoms with E-state index in [-0.39, 0.29) is 23.0 Å². The molecule has 0 saturated carbocycles. The van der Waals surface area contributed by atoms with Crippen molar-refractivity contribution >= 4 is 34.8 Å². The molecule has 0 fully saturated rings. The summed E-state index contributed by atoms with van der Waals surface area (Å²) in [5.41, 5.74) is 11.9. The molecule has 1 rings (SSSR count). The number of hydrogen-bond acceptors (Lipinski definition) is 4. The molecule has 0 unspecified atom stereocenters. The Bertz CT molecular complexity index is 505. The van der Waals surface area contributed by atoms with Gasteiger partial charge < -0.3 is 21.7 Å². The lowest BCUT2D eigenvalue weighted by Crippen LogP contribution is -2.36. The number of nitrogen functional groups attached to an aromatic ring is 1. The minimum Gasteiger partial charge on any atom is -0.399 e. The van der Waals surface area contributed by atoms with Crippen LogP contribution in [0.4, 0.5) is 11.4 Å². The van der Waals surface area contributed by atoms with Crippen molar-refractivity contribution in [1.82, 2.24) is 5.32 Å². The van der Waals surface area contributed by atoms with Crippen molar-refractivity contribution in [2.24, 2.45) is 5.73 Å². The summed E-state index contributed by atoms with van der Waals surface area (Å²) in [4.78, 5) is 24.5. The number of likely N-dealkylation sites (N-methyl/N-ethyl adjacent to an activating group) is 2. The van der Waals surface area contributed by atoms with Crippen LogP contribution >= 0.6 is 11.6 Å². The van der Waals surface area contributed by atoms with Gasteiger partial charge in [-0.3, -0.25) is 9.59 Å². The molecule has 1 aromatic rings. The third-order valence-corrected chi connectivity index (χ3v) is 2.78. The Morgan fingerprint density at radius 2 is 2.05 bits per heavy atom. The Labute approximate surface area is 116 Å². The Kier molecular flexibility index (Phi) is 5.00. The molecule has 7 heteroatoms. The van der Waals surface area contributed by atoms with Crippen LogP contribution in [0.15, 0.2) is 12.1 Å². The first-order chi connectivity index (χ1) is 8.86. The number of hydrogen-bond donors (Lipinski definition) is 3. The predicted octanol–water partition coefficient (Wildman–Crippen LogP) is 0.593. The van der Waals surface area contributed by atoms with E-state index in [0.29, 0.717) is 17.9 Å². The highest BCUT2D eigenvalue weighted by atomic mass is 35.5. The minimum absolute atomic E-state index is 0.0672. The molecule has 0 spiro atoms. The Hall–Kier alpha value is -1.95. The average Bonchev–Trinajstić information content (AvgIpc) is 2.27. The summed E-state index contributed by atoms with van der Waals surface area (Å²) in [5.74, 6) is -0.819. The van der Waals surface area contributed by atoms with Crippen LogP contribution in [0.2, 0.25) is 5.02 Å². The van der Waals surface area contributed by atoms with Crippen molar-refractivity contribution in [3.63, 3.8) is 0 Å². The highest BCUT2D eigenvalue weighted by molar-refractivity contribution is 6.34. The first-order valence-corrected chi connectivity index (χ1v) is 6.11. The minimum atomic E-state index is -0.646. The van der Waals surface area contributed by atoms with Crippen molar-refractivity contribution in [2.75, 3.05) is 30.8 Å². The molecule has 0 radical (unpaired) electrons. The van der Waals surface area contributed by atoms with E-state index in [1.807, 2.05) is 6.92 Å². The monoisotopic (exact) mass is 284 g/mol. The van der Waals surface area contributed by atoms with Crippen molar-refractivity contribution in [3.8, 4) is 0 Å². The second-order valence-electron chi connectivity index (χ2n) is 4.07. The maximum atomic E-state index is 11.5. The molecule has 0 aliphatic carbocycles. The first-order valence-electron chi connectivity index (χ1n) is 5.73. The molecular weight excluding hydrogens is 268 g/mol. The van der Waals surface area contributed by atoms with E-state index in [2.05, 4.69) is 5.32 Å². The van der Waals surface area contributed by atoms with Crippen molar-refractivity contribution < 1.29 is 9.59 Å². The van der Waals surface area contributed by atoms with Gasteiger partial charge in [0.1, 0.15) is 0 Å². The largest absolute Gasteiger partial charge is 0.399 e. The van der Waals surface area contributed by atoms with Crippen LogP contribution in [0.5, 0.6) is 0 Å². The molecule has 0 bridgehead atoms. The van der Waals surface area contributed by atoms with E-state index in [1.54, 1.807) is 11.9 Å². The lowest BCUT2D eigenvalue weighted by Gasteiger charge is -2.22. The average molecular weight is 285 g/mol. The molecule has 19 heavy (non-hydrogen) atoms. The molecule has 6 nitrogen and oxygen atoms in total. The number of amides is 2. The molecule has 0 heterocycles. The van der Waals surface area contributed by atoms with E-state index < -0.39 is 5.91 Å². The quantitative estimate of drug-likeness (QED) is 0.689. The highest BCUT2D eigenvalue weighted by Crippen LogP contribution is 2.31. The van der Waals surface area contributed by atoms with Crippen LogP contribution in [-0.2, 0) is 4.79 Å². The normalized spacial score (nSPS) is 10.1. The van der Waals surface area contributed by atoms with Gasteiger partial charge in [-0.2, -0.15) is 0 Å². The number of halogens is 1. The Morgan fingerprint density at radius 3 is 2.58 bits per heavy atom. The van der Waals surface area contributed by atoms with Crippen LogP contribution in [0.3, 0.4) is 0 Å². The predicted molar refractivity (Wildman–Crippen MR) is 76.3 cm³/mol. The number of benzene rings is 1. The number of rotatable bonds is 5. The highest BCUT2D eigenvalue weighted by Gasteiger charge is 2.18. The van der Waals surface area contributed by atoms with Gasteiger partial charge in [0.25, 0.3) is 5.91 Å². The SMILES string of the molecule is CCNC(=O)CN(C)c1c(Cl)cc(N)cc1C(N)=O. The van der Waals surface area contributed by atoms with Crippen LogP contribution < -0.4 is 21.7 Å². The number of nitrogens with one attached hydrogen (secondary N) is 1. The van der Waals surface area contributed by atoms with Gasteiger partial charge in [-0.25, -0.2) is 0 Å². The third-order valence-electron chi connectivity index (χ3n) is 2.49. The summed E-state index contributed by atoms with van der Waals surface area (Å²) in [6, 6.07) is 2.95. The fourth-order valence-electron chi connectivity index (χ4n) is 1.74. The summed E-state index contributed by atoms with van der Waals surface area (Å²) in [5, 5.41) is 2.94. The van der Waals surface area contributed by atoms with Gasteiger partial charge in [0, 0.05) is 19.3 Å². The van der Waals surface area contributed by atoms with Crippen molar-refractivity contribution in [2.45, 2.75) is 6.92 Å². The van der Waals surface area contributed by atoms with Gasteiger partial charge in [0.05, 0.1) is 22.8 Å². The number of carbonyl (C=O) groups excluding carboxylic acids is 2. The summed E-state index contributed by atoms with van der Waals surface area (Å²) < 4.78 is 0. The molecule has 104 valence electrons. The lowest BCUT2D eigenvalue weighted by atomic mass is 10.1. The van der Waals surface area contributed by atoms with Gasteiger partial charge in [0.15, 0.2) is 0 Å². The smallest absolute Gasteiger partial charge is 0.250 e. The van der Waals surface area contributed by atoms with Crippen LogP contribution in [0, 0.1) is 0 Å². The van der Waals surface area contributed by atoms with Crippen molar-refractivity contribution in [3.05, 3.63) is 22.7 Å². The zero-order chi connectivity index (χ0) is 14.6. The number of carbonyl (C=O) groups is 2. The fraction of sp³-hybridized carbons (Fsp3) is 0.333. The van der Waals surface area contributed by atoms with Gasteiger partial charge >= 0.3 is 0 Å². The fourth-order valence-corrected chi connectivity index (χ4v) is 2.12. The topological polar surface area (TPSA) is 101 Å². The molecule has 0 atom stereocenters. The van der Waals surface area contributed by atoms with Crippen molar-refractivity contribution in [1.29, 1.82) is 0 Å². The Morgan fingerprint density at radius 1 is 1.42 bits per heavy atom.